The molecule has 0 aliphatic carbocycles. The standard InChI is InChI=1S/C25H25ClN2O5S2/c1-2-31-20-12-16(13-21-24(30)28(25(34)35-21)14-18-9-6-10-32-18)11-19(26)23(20)33-15-22(29)27-17-7-4-3-5-8-17/h3-5,7-8,11-13,18H,2,6,9-10,14-15H2,1H3,(H,27,29)/b21-13-/t18-/m0/s1. The number of hydrogen-bond donors (Lipinski definition) is 1. The lowest BCUT2D eigenvalue weighted by Gasteiger charge is -2.18. The average molecular weight is 533 g/mol. The lowest BCUT2D eigenvalue weighted by Crippen LogP contribution is -2.35. The van der Waals surface area contributed by atoms with Gasteiger partial charge >= 0.3 is 0 Å². The van der Waals surface area contributed by atoms with Gasteiger partial charge in [-0.3, -0.25) is 14.5 Å². The maximum absolute atomic E-state index is 13.0. The van der Waals surface area contributed by atoms with E-state index >= 15 is 0 Å². The molecule has 184 valence electrons. The third-order valence-corrected chi connectivity index (χ3v) is 6.98. The lowest BCUT2D eigenvalue weighted by atomic mass is 10.1. The monoisotopic (exact) mass is 532 g/mol. The first-order chi connectivity index (χ1) is 16.9. The Bertz CT molecular complexity index is 1140. The first kappa shape index (κ1) is 25.5. The number of nitrogens with zero attached hydrogens (tertiary/aromatic N) is 1. The summed E-state index contributed by atoms with van der Waals surface area (Å²) in [6.07, 6.45) is 3.67. The second-order valence-electron chi connectivity index (χ2n) is 7.89. The Balaban J connectivity index is 1.47. The highest BCUT2D eigenvalue weighted by atomic mass is 35.5. The molecular weight excluding hydrogens is 508 g/mol. The summed E-state index contributed by atoms with van der Waals surface area (Å²) in [7, 11) is 0. The van der Waals surface area contributed by atoms with Crippen molar-refractivity contribution in [3.63, 3.8) is 0 Å². The van der Waals surface area contributed by atoms with E-state index in [0.717, 1.165) is 19.4 Å². The number of anilines is 1. The number of carbonyl (C=O) groups excluding carboxylic acids is 2. The molecule has 0 radical (unpaired) electrons. The Kier molecular flexibility index (Phi) is 8.67. The van der Waals surface area contributed by atoms with Crippen LogP contribution in [0.1, 0.15) is 25.3 Å². The molecule has 2 saturated heterocycles. The van der Waals surface area contributed by atoms with Gasteiger partial charge in [0.25, 0.3) is 11.8 Å². The molecule has 2 fully saturated rings. The smallest absolute Gasteiger partial charge is 0.266 e. The van der Waals surface area contributed by atoms with E-state index in [9.17, 15) is 9.59 Å². The Hall–Kier alpha value is -2.59. The Morgan fingerprint density at radius 3 is 2.83 bits per heavy atom. The number of hydrogen-bond acceptors (Lipinski definition) is 7. The molecule has 2 aromatic carbocycles. The topological polar surface area (TPSA) is 77.1 Å². The van der Waals surface area contributed by atoms with Crippen LogP contribution < -0.4 is 14.8 Å². The van der Waals surface area contributed by atoms with Crippen molar-refractivity contribution in [3.05, 3.63) is 58.0 Å². The number of halogens is 1. The first-order valence-corrected chi connectivity index (χ1v) is 12.9. The minimum absolute atomic E-state index is 0.0198. The van der Waals surface area contributed by atoms with Gasteiger partial charge in [-0.15, -0.1) is 0 Å². The largest absolute Gasteiger partial charge is 0.490 e. The normalized spacial score (nSPS) is 18.9. The molecule has 2 heterocycles. The van der Waals surface area contributed by atoms with Gasteiger partial charge in [-0.2, -0.15) is 0 Å². The molecule has 1 atom stereocenters. The molecule has 7 nitrogen and oxygen atoms in total. The second-order valence-corrected chi connectivity index (χ2v) is 9.98. The summed E-state index contributed by atoms with van der Waals surface area (Å²) >= 11 is 13.2. The number of carbonyl (C=O) groups is 2. The van der Waals surface area contributed by atoms with Gasteiger partial charge in [0, 0.05) is 12.3 Å². The molecule has 10 heteroatoms. The van der Waals surface area contributed by atoms with Crippen LogP contribution in [0.4, 0.5) is 5.69 Å². The molecule has 35 heavy (non-hydrogen) atoms. The van der Waals surface area contributed by atoms with Crippen LogP contribution in [0, 0.1) is 0 Å². The summed E-state index contributed by atoms with van der Waals surface area (Å²) in [6, 6.07) is 12.5. The van der Waals surface area contributed by atoms with Crippen molar-refractivity contribution in [2.45, 2.75) is 25.9 Å². The van der Waals surface area contributed by atoms with E-state index < -0.39 is 0 Å². The van der Waals surface area contributed by atoms with Crippen molar-refractivity contribution in [2.24, 2.45) is 0 Å². The number of ether oxygens (including phenoxy) is 3. The van der Waals surface area contributed by atoms with Crippen LogP contribution in [0.5, 0.6) is 11.5 Å². The summed E-state index contributed by atoms with van der Waals surface area (Å²) < 4.78 is 17.6. The van der Waals surface area contributed by atoms with Crippen LogP contribution in [0.25, 0.3) is 6.08 Å². The summed E-state index contributed by atoms with van der Waals surface area (Å²) in [5, 5.41) is 3.03. The number of para-hydroxylation sites is 1. The Labute approximate surface area is 218 Å². The van der Waals surface area contributed by atoms with E-state index in [2.05, 4.69) is 5.32 Å². The van der Waals surface area contributed by atoms with E-state index in [0.29, 0.717) is 39.4 Å². The Morgan fingerprint density at radius 2 is 2.11 bits per heavy atom. The molecule has 4 rings (SSSR count). The van der Waals surface area contributed by atoms with Gasteiger partial charge in [-0.25, -0.2) is 0 Å². The highest BCUT2D eigenvalue weighted by molar-refractivity contribution is 8.26. The summed E-state index contributed by atoms with van der Waals surface area (Å²) in [4.78, 5) is 27.3. The van der Waals surface area contributed by atoms with Crippen molar-refractivity contribution in [3.8, 4) is 11.5 Å². The zero-order valence-corrected chi connectivity index (χ0v) is 21.5. The van der Waals surface area contributed by atoms with Gasteiger partial charge in [-0.05, 0) is 55.7 Å². The number of rotatable bonds is 9. The van der Waals surface area contributed by atoms with Crippen LogP contribution in [-0.4, -0.2) is 53.5 Å². The predicted molar refractivity (Wildman–Crippen MR) is 142 cm³/mol. The third kappa shape index (κ3) is 6.55. The number of thioether (sulfide) groups is 1. The van der Waals surface area contributed by atoms with Gasteiger partial charge in [-0.1, -0.05) is 53.8 Å². The maximum atomic E-state index is 13.0. The average Bonchev–Trinajstić information content (AvgIpc) is 3.43. The van der Waals surface area contributed by atoms with E-state index in [1.807, 2.05) is 25.1 Å². The fourth-order valence-corrected chi connectivity index (χ4v) is 5.28. The highest BCUT2D eigenvalue weighted by Crippen LogP contribution is 2.39. The summed E-state index contributed by atoms with van der Waals surface area (Å²) in [5.74, 6) is 0.171. The number of thiocarbonyl (C=S) groups is 1. The summed E-state index contributed by atoms with van der Waals surface area (Å²) in [5.41, 5.74) is 1.33. The molecule has 0 spiro atoms. The molecule has 2 aromatic rings. The van der Waals surface area contributed by atoms with E-state index in [4.69, 9.17) is 38.0 Å². The summed E-state index contributed by atoms with van der Waals surface area (Å²) in [6.45, 7) is 3.15. The van der Waals surface area contributed by atoms with Crippen LogP contribution in [-0.2, 0) is 14.3 Å². The third-order valence-electron chi connectivity index (χ3n) is 5.32. The van der Waals surface area contributed by atoms with Gasteiger partial charge in [0.15, 0.2) is 18.1 Å². The van der Waals surface area contributed by atoms with Gasteiger partial charge in [0.05, 0.1) is 29.2 Å². The van der Waals surface area contributed by atoms with Crippen molar-refractivity contribution in [1.82, 2.24) is 4.90 Å². The van der Waals surface area contributed by atoms with E-state index in [-0.39, 0.29) is 35.3 Å². The van der Waals surface area contributed by atoms with Gasteiger partial charge < -0.3 is 19.5 Å². The van der Waals surface area contributed by atoms with Crippen LogP contribution in [0.15, 0.2) is 47.4 Å². The molecule has 2 aliphatic rings. The van der Waals surface area contributed by atoms with Crippen molar-refractivity contribution in [2.75, 3.05) is 31.7 Å². The SMILES string of the molecule is CCOc1cc(/C=C2\SC(=S)N(C[C@@H]3CCCO3)C2=O)cc(Cl)c1OCC(=O)Nc1ccccc1. The molecule has 0 aromatic heterocycles. The highest BCUT2D eigenvalue weighted by Gasteiger charge is 2.34. The zero-order chi connectivity index (χ0) is 24.8. The zero-order valence-electron chi connectivity index (χ0n) is 19.1. The number of benzene rings is 2. The molecule has 0 saturated carbocycles. The molecule has 2 amide bonds. The molecule has 2 aliphatic heterocycles. The van der Waals surface area contributed by atoms with Crippen LogP contribution >= 0.6 is 35.6 Å². The van der Waals surface area contributed by atoms with Crippen molar-refractivity contribution < 1.29 is 23.8 Å². The van der Waals surface area contributed by atoms with Crippen LogP contribution in [0.2, 0.25) is 5.02 Å². The molecule has 1 N–H and O–H groups in total. The number of amides is 2. The van der Waals surface area contributed by atoms with Crippen molar-refractivity contribution >= 4 is 63.5 Å². The molecular formula is C25H25ClN2O5S2. The fraction of sp³-hybridized carbons (Fsp3) is 0.320. The maximum Gasteiger partial charge on any atom is 0.266 e. The van der Waals surface area contributed by atoms with E-state index in [1.165, 1.54) is 11.8 Å². The van der Waals surface area contributed by atoms with Crippen molar-refractivity contribution in [1.29, 1.82) is 0 Å². The van der Waals surface area contributed by atoms with Crippen LogP contribution in [0.3, 0.4) is 0 Å². The Morgan fingerprint density at radius 1 is 1.31 bits per heavy atom. The quantitative estimate of drug-likeness (QED) is 0.354. The molecule has 0 unspecified atom stereocenters. The first-order valence-electron chi connectivity index (χ1n) is 11.3. The van der Waals surface area contributed by atoms with Gasteiger partial charge in [0.1, 0.15) is 4.32 Å². The fourth-order valence-electron chi connectivity index (χ4n) is 3.73. The van der Waals surface area contributed by atoms with E-state index in [1.54, 1.807) is 35.2 Å². The minimum atomic E-state index is -0.325. The van der Waals surface area contributed by atoms with Gasteiger partial charge in [0.2, 0.25) is 0 Å². The number of nitrogens with one attached hydrogen (secondary N) is 1. The lowest BCUT2D eigenvalue weighted by molar-refractivity contribution is -0.123. The minimum Gasteiger partial charge on any atom is -0.490 e. The molecule has 0 bridgehead atoms. The second kappa shape index (κ2) is 11.9. The predicted octanol–water partition coefficient (Wildman–Crippen LogP) is 5.14.